The van der Waals surface area contributed by atoms with Crippen molar-refractivity contribution in [3.05, 3.63) is 62.7 Å². The molecule has 0 aliphatic heterocycles. The predicted molar refractivity (Wildman–Crippen MR) is 107 cm³/mol. The highest BCUT2D eigenvalue weighted by Gasteiger charge is 2.20. The SMILES string of the molecule is COC(=O)c1nn(C)cc1NC(=O)c1ccc(COc2c(Cl)cc(Cl)cc2Cl)o1. The number of carbonyl (C=O) groups excluding carboxylic acids is 2. The maximum absolute atomic E-state index is 12.4. The second kappa shape index (κ2) is 8.77. The Morgan fingerprint density at radius 2 is 1.90 bits per heavy atom. The van der Waals surface area contributed by atoms with E-state index < -0.39 is 11.9 Å². The second-order valence-corrected chi connectivity index (χ2v) is 7.01. The Kier molecular flexibility index (Phi) is 6.36. The summed E-state index contributed by atoms with van der Waals surface area (Å²) in [5, 5.41) is 7.40. The molecule has 0 unspecified atom stereocenters. The van der Waals surface area contributed by atoms with Crippen LogP contribution in [0.4, 0.5) is 5.69 Å². The monoisotopic (exact) mass is 457 g/mol. The van der Waals surface area contributed by atoms with Gasteiger partial charge < -0.3 is 19.2 Å². The molecular formula is C18H14Cl3N3O5. The van der Waals surface area contributed by atoms with Crippen LogP contribution in [0.5, 0.6) is 5.75 Å². The van der Waals surface area contributed by atoms with E-state index in [4.69, 9.17) is 44.0 Å². The van der Waals surface area contributed by atoms with Gasteiger partial charge in [0.15, 0.2) is 17.2 Å². The molecule has 3 rings (SSSR count). The average Bonchev–Trinajstić information content (AvgIpc) is 3.27. The Labute approximate surface area is 180 Å². The molecule has 8 nitrogen and oxygen atoms in total. The van der Waals surface area contributed by atoms with Crippen LogP contribution in [0.1, 0.15) is 26.8 Å². The Morgan fingerprint density at radius 1 is 1.21 bits per heavy atom. The number of aryl methyl sites for hydroxylation is 1. The number of hydrogen-bond donors (Lipinski definition) is 1. The number of nitrogens with one attached hydrogen (secondary N) is 1. The van der Waals surface area contributed by atoms with E-state index in [-0.39, 0.29) is 39.5 Å². The van der Waals surface area contributed by atoms with Crippen LogP contribution in [0.3, 0.4) is 0 Å². The molecule has 1 N–H and O–H groups in total. The summed E-state index contributed by atoms with van der Waals surface area (Å²) in [7, 11) is 2.83. The van der Waals surface area contributed by atoms with Crippen LogP contribution in [-0.4, -0.2) is 28.8 Å². The third kappa shape index (κ3) is 4.84. The number of ether oxygens (including phenoxy) is 2. The number of amides is 1. The molecule has 152 valence electrons. The van der Waals surface area contributed by atoms with Crippen LogP contribution in [-0.2, 0) is 18.4 Å². The van der Waals surface area contributed by atoms with Gasteiger partial charge in [0.2, 0.25) is 0 Å². The summed E-state index contributed by atoms with van der Waals surface area (Å²) in [6, 6.07) is 6.03. The number of benzene rings is 1. The summed E-state index contributed by atoms with van der Waals surface area (Å²) >= 11 is 18.0. The highest BCUT2D eigenvalue weighted by molar-refractivity contribution is 6.40. The van der Waals surface area contributed by atoms with E-state index in [0.717, 1.165) is 0 Å². The van der Waals surface area contributed by atoms with Gasteiger partial charge in [-0.2, -0.15) is 5.10 Å². The first kappa shape index (κ1) is 21.0. The second-order valence-electron chi connectivity index (χ2n) is 5.76. The zero-order valence-electron chi connectivity index (χ0n) is 15.2. The molecule has 0 atom stereocenters. The lowest BCUT2D eigenvalue weighted by Gasteiger charge is -2.09. The van der Waals surface area contributed by atoms with Crippen LogP contribution in [0, 0.1) is 0 Å². The van der Waals surface area contributed by atoms with Crippen LogP contribution in [0.25, 0.3) is 0 Å². The predicted octanol–water partition coefficient (Wildman–Crippen LogP) is 4.59. The number of methoxy groups -OCH3 is 1. The quantitative estimate of drug-likeness (QED) is 0.543. The van der Waals surface area contributed by atoms with E-state index in [1.807, 2.05) is 0 Å². The number of hydrogen-bond acceptors (Lipinski definition) is 6. The highest BCUT2D eigenvalue weighted by Crippen LogP contribution is 2.36. The zero-order valence-corrected chi connectivity index (χ0v) is 17.4. The lowest BCUT2D eigenvalue weighted by atomic mass is 10.3. The van der Waals surface area contributed by atoms with Gasteiger partial charge >= 0.3 is 5.97 Å². The molecule has 29 heavy (non-hydrogen) atoms. The van der Waals surface area contributed by atoms with Gasteiger partial charge in [0.25, 0.3) is 5.91 Å². The van der Waals surface area contributed by atoms with Crippen molar-refractivity contribution in [2.24, 2.45) is 7.05 Å². The number of anilines is 1. The van der Waals surface area contributed by atoms with Crippen molar-refractivity contribution in [1.82, 2.24) is 9.78 Å². The van der Waals surface area contributed by atoms with Gasteiger partial charge in [-0.25, -0.2) is 4.79 Å². The molecule has 0 saturated carbocycles. The van der Waals surface area contributed by atoms with Gasteiger partial charge in [-0.15, -0.1) is 0 Å². The Morgan fingerprint density at radius 3 is 2.55 bits per heavy atom. The van der Waals surface area contributed by atoms with Crippen molar-refractivity contribution in [2.45, 2.75) is 6.61 Å². The van der Waals surface area contributed by atoms with Gasteiger partial charge in [-0.1, -0.05) is 34.8 Å². The summed E-state index contributed by atoms with van der Waals surface area (Å²) in [5.74, 6) is -0.630. The lowest BCUT2D eigenvalue weighted by Crippen LogP contribution is -2.14. The van der Waals surface area contributed by atoms with Crippen LogP contribution < -0.4 is 10.1 Å². The minimum Gasteiger partial charge on any atom is -0.483 e. The van der Waals surface area contributed by atoms with Crippen LogP contribution in [0.2, 0.25) is 15.1 Å². The van der Waals surface area contributed by atoms with Crippen molar-refractivity contribution in [1.29, 1.82) is 0 Å². The maximum Gasteiger partial charge on any atom is 0.360 e. The van der Waals surface area contributed by atoms with Crippen molar-refractivity contribution in [2.75, 3.05) is 12.4 Å². The maximum atomic E-state index is 12.4. The molecule has 2 aromatic heterocycles. The minimum atomic E-state index is -0.675. The molecule has 0 bridgehead atoms. The molecule has 0 aliphatic carbocycles. The van der Waals surface area contributed by atoms with E-state index in [1.54, 1.807) is 13.1 Å². The summed E-state index contributed by atoms with van der Waals surface area (Å²) in [6.07, 6.45) is 1.47. The van der Waals surface area contributed by atoms with Crippen molar-refractivity contribution >= 4 is 52.4 Å². The van der Waals surface area contributed by atoms with E-state index in [0.29, 0.717) is 10.8 Å². The standard InChI is InChI=1S/C18H14Cl3N3O5/c1-24-7-13(15(23-24)18(26)27-2)22-17(25)14-4-3-10(29-14)8-28-16-11(20)5-9(19)6-12(16)21/h3-7H,8H2,1-2H3,(H,22,25). The first-order chi connectivity index (χ1) is 13.8. The molecule has 0 spiro atoms. The van der Waals surface area contributed by atoms with Gasteiger partial charge in [0, 0.05) is 18.3 Å². The average molecular weight is 459 g/mol. The van der Waals surface area contributed by atoms with E-state index in [9.17, 15) is 9.59 Å². The Hall–Kier alpha value is -2.68. The van der Waals surface area contributed by atoms with Crippen LogP contribution in [0.15, 0.2) is 34.9 Å². The molecule has 0 fully saturated rings. The van der Waals surface area contributed by atoms with Gasteiger partial charge in [0.1, 0.15) is 12.4 Å². The highest BCUT2D eigenvalue weighted by atomic mass is 35.5. The first-order valence-electron chi connectivity index (χ1n) is 8.08. The molecule has 0 radical (unpaired) electrons. The summed E-state index contributed by atoms with van der Waals surface area (Å²) in [4.78, 5) is 24.2. The fourth-order valence-electron chi connectivity index (χ4n) is 2.40. The number of rotatable bonds is 6. The van der Waals surface area contributed by atoms with E-state index in [2.05, 4.69) is 15.2 Å². The van der Waals surface area contributed by atoms with Crippen LogP contribution >= 0.6 is 34.8 Å². The number of aromatic nitrogens is 2. The smallest absolute Gasteiger partial charge is 0.360 e. The molecular weight excluding hydrogens is 445 g/mol. The summed E-state index contributed by atoms with van der Waals surface area (Å²) in [5.41, 5.74) is 0.170. The Bertz CT molecular complexity index is 1050. The Balaban J connectivity index is 1.69. The van der Waals surface area contributed by atoms with Gasteiger partial charge in [0.05, 0.1) is 22.8 Å². The zero-order chi connectivity index (χ0) is 21.1. The lowest BCUT2D eigenvalue weighted by molar-refractivity contribution is 0.0594. The molecule has 11 heteroatoms. The summed E-state index contributed by atoms with van der Waals surface area (Å²) in [6.45, 7) is -0.0192. The fourth-order valence-corrected chi connectivity index (χ4v) is 3.33. The van der Waals surface area contributed by atoms with Gasteiger partial charge in [-0.05, 0) is 24.3 Å². The number of carbonyl (C=O) groups is 2. The molecule has 0 aliphatic rings. The van der Waals surface area contributed by atoms with E-state index >= 15 is 0 Å². The fraction of sp³-hybridized carbons (Fsp3) is 0.167. The first-order valence-corrected chi connectivity index (χ1v) is 9.21. The molecule has 0 saturated heterocycles. The molecule has 1 aromatic carbocycles. The normalized spacial score (nSPS) is 10.7. The minimum absolute atomic E-state index is 0.0107. The van der Waals surface area contributed by atoms with Crippen molar-refractivity contribution < 1.29 is 23.5 Å². The number of esters is 1. The van der Waals surface area contributed by atoms with Crippen molar-refractivity contribution in [3.63, 3.8) is 0 Å². The number of halogens is 3. The number of nitrogens with zero attached hydrogens (tertiary/aromatic N) is 2. The molecule has 1 amide bonds. The topological polar surface area (TPSA) is 95.6 Å². The number of furan rings is 1. The van der Waals surface area contributed by atoms with E-state index in [1.165, 1.54) is 36.2 Å². The molecule has 3 aromatic rings. The third-order valence-electron chi connectivity index (χ3n) is 3.66. The van der Waals surface area contributed by atoms with Crippen molar-refractivity contribution in [3.8, 4) is 5.75 Å². The third-order valence-corrected chi connectivity index (χ3v) is 4.44. The summed E-state index contributed by atoms with van der Waals surface area (Å²) < 4.78 is 17.1. The largest absolute Gasteiger partial charge is 0.483 e. The molecule has 2 heterocycles. The van der Waals surface area contributed by atoms with Gasteiger partial charge in [-0.3, -0.25) is 9.48 Å².